The second-order valence-electron chi connectivity index (χ2n) is 2.60. The van der Waals surface area contributed by atoms with Gasteiger partial charge in [-0.3, -0.25) is 14.4 Å². The number of rotatable bonds is 3. The van der Waals surface area contributed by atoms with Crippen LogP contribution in [0.4, 0.5) is 0 Å². The Morgan fingerprint density at radius 2 is 2.58 bits per heavy atom. The summed E-state index contributed by atoms with van der Waals surface area (Å²) in [4.78, 5) is 26.5. The maximum Gasteiger partial charge on any atom is 0.248 e. The van der Waals surface area contributed by atoms with Gasteiger partial charge in [-0.2, -0.15) is 0 Å². The molecule has 0 radical (unpaired) electrons. The van der Waals surface area contributed by atoms with E-state index in [4.69, 9.17) is 4.84 Å². The van der Waals surface area contributed by atoms with E-state index in [1.54, 1.807) is 6.92 Å². The molecule has 0 saturated carbocycles. The summed E-state index contributed by atoms with van der Waals surface area (Å²) in [5.41, 5.74) is 2.26. The van der Waals surface area contributed by atoms with Gasteiger partial charge in [0.1, 0.15) is 0 Å². The molecule has 0 aromatic heterocycles. The number of nitrogens with one attached hydrogen (secondary N) is 2. The molecular formula is C7H12N2O3. The van der Waals surface area contributed by atoms with Gasteiger partial charge in [-0.05, 0) is 6.92 Å². The molecule has 1 aliphatic rings. The first-order valence-corrected chi connectivity index (χ1v) is 3.92. The van der Waals surface area contributed by atoms with Gasteiger partial charge in [-0.25, -0.2) is 5.48 Å². The molecule has 0 spiro atoms. The second-order valence-corrected chi connectivity index (χ2v) is 2.60. The van der Waals surface area contributed by atoms with Crippen molar-refractivity contribution in [1.29, 1.82) is 0 Å². The highest BCUT2D eigenvalue weighted by molar-refractivity contribution is 5.88. The molecule has 1 rings (SSSR count). The van der Waals surface area contributed by atoms with Gasteiger partial charge < -0.3 is 5.32 Å². The van der Waals surface area contributed by atoms with Gasteiger partial charge in [-0.1, -0.05) is 0 Å². The van der Waals surface area contributed by atoms with Crippen molar-refractivity contribution < 1.29 is 14.4 Å². The minimum atomic E-state index is -0.274. The standard InChI is InChI=1S/C7H12N2O3/c1-2-12-9-7(11)5-3-6(10)8-4-5/h5H,2-4H2,1H3,(H,8,10)(H,9,11). The van der Waals surface area contributed by atoms with E-state index >= 15 is 0 Å². The lowest BCUT2D eigenvalue weighted by Gasteiger charge is -2.06. The quantitative estimate of drug-likeness (QED) is 0.547. The van der Waals surface area contributed by atoms with Crippen LogP contribution in [-0.4, -0.2) is 25.0 Å². The third-order valence-corrected chi connectivity index (χ3v) is 1.67. The molecule has 2 amide bonds. The van der Waals surface area contributed by atoms with Crippen molar-refractivity contribution in [2.24, 2.45) is 5.92 Å². The fraction of sp³-hybridized carbons (Fsp3) is 0.714. The van der Waals surface area contributed by atoms with Gasteiger partial charge in [0.2, 0.25) is 11.8 Å². The molecule has 0 bridgehead atoms. The van der Waals surface area contributed by atoms with Crippen molar-refractivity contribution in [3.8, 4) is 0 Å². The fourth-order valence-corrected chi connectivity index (χ4v) is 1.02. The minimum Gasteiger partial charge on any atom is -0.355 e. The Hall–Kier alpha value is -1.10. The highest BCUT2D eigenvalue weighted by Gasteiger charge is 2.27. The summed E-state index contributed by atoms with van der Waals surface area (Å²) in [6.07, 6.45) is 0.263. The Bertz CT molecular complexity index is 193. The average molecular weight is 172 g/mol. The Morgan fingerprint density at radius 3 is 3.08 bits per heavy atom. The lowest BCUT2D eigenvalue weighted by molar-refractivity contribution is -0.137. The van der Waals surface area contributed by atoms with Crippen LogP contribution in [0.5, 0.6) is 0 Å². The summed E-state index contributed by atoms with van der Waals surface area (Å²) in [6, 6.07) is 0. The van der Waals surface area contributed by atoms with Crippen LogP contribution in [0.2, 0.25) is 0 Å². The Kier molecular flexibility index (Phi) is 3.04. The molecule has 0 aromatic carbocycles. The van der Waals surface area contributed by atoms with E-state index in [-0.39, 0.29) is 24.2 Å². The maximum atomic E-state index is 11.1. The molecule has 1 atom stereocenters. The summed E-state index contributed by atoms with van der Waals surface area (Å²) in [6.45, 7) is 2.62. The summed E-state index contributed by atoms with van der Waals surface area (Å²) in [5, 5.41) is 2.57. The first-order valence-electron chi connectivity index (χ1n) is 3.92. The first kappa shape index (κ1) is 8.99. The van der Waals surface area contributed by atoms with Crippen LogP contribution in [0.15, 0.2) is 0 Å². The van der Waals surface area contributed by atoms with E-state index < -0.39 is 0 Å². The van der Waals surface area contributed by atoms with E-state index in [9.17, 15) is 9.59 Å². The molecule has 5 heteroatoms. The van der Waals surface area contributed by atoms with Crippen LogP contribution in [0.25, 0.3) is 0 Å². The van der Waals surface area contributed by atoms with Crippen LogP contribution in [0.1, 0.15) is 13.3 Å². The summed E-state index contributed by atoms with van der Waals surface area (Å²) in [7, 11) is 0. The molecule has 0 aromatic rings. The molecule has 68 valence electrons. The SMILES string of the molecule is CCONC(=O)C1CNC(=O)C1. The Balaban J connectivity index is 2.28. The van der Waals surface area contributed by atoms with Crippen LogP contribution in [0.3, 0.4) is 0 Å². The number of carbonyl (C=O) groups excluding carboxylic acids is 2. The largest absolute Gasteiger partial charge is 0.355 e. The van der Waals surface area contributed by atoms with Gasteiger partial charge in [0.15, 0.2) is 0 Å². The van der Waals surface area contributed by atoms with Crippen molar-refractivity contribution in [3.05, 3.63) is 0 Å². The van der Waals surface area contributed by atoms with Crippen molar-refractivity contribution in [2.75, 3.05) is 13.2 Å². The smallest absolute Gasteiger partial charge is 0.248 e. The first-order chi connectivity index (χ1) is 5.74. The molecule has 1 aliphatic heterocycles. The predicted octanol–water partition coefficient (Wildman–Crippen LogP) is -0.810. The molecule has 0 aliphatic carbocycles. The van der Waals surface area contributed by atoms with Gasteiger partial charge in [0.05, 0.1) is 12.5 Å². The van der Waals surface area contributed by atoms with E-state index in [1.165, 1.54) is 0 Å². The summed E-state index contributed by atoms with van der Waals surface area (Å²) < 4.78 is 0. The highest BCUT2D eigenvalue weighted by Crippen LogP contribution is 2.08. The number of carbonyl (C=O) groups is 2. The lowest BCUT2D eigenvalue weighted by atomic mass is 10.1. The van der Waals surface area contributed by atoms with Crippen LogP contribution < -0.4 is 10.8 Å². The fourth-order valence-electron chi connectivity index (χ4n) is 1.02. The number of hydrogen-bond donors (Lipinski definition) is 2. The zero-order valence-corrected chi connectivity index (χ0v) is 6.92. The average Bonchev–Trinajstić information content (AvgIpc) is 2.47. The van der Waals surface area contributed by atoms with Crippen molar-refractivity contribution >= 4 is 11.8 Å². The molecule has 1 saturated heterocycles. The van der Waals surface area contributed by atoms with Gasteiger partial charge >= 0.3 is 0 Å². The maximum absolute atomic E-state index is 11.1. The molecule has 2 N–H and O–H groups in total. The lowest BCUT2D eigenvalue weighted by Crippen LogP contribution is -2.31. The van der Waals surface area contributed by atoms with Gasteiger partial charge in [0, 0.05) is 13.0 Å². The van der Waals surface area contributed by atoms with Crippen LogP contribution in [-0.2, 0) is 14.4 Å². The minimum absolute atomic E-state index is 0.0772. The second kappa shape index (κ2) is 4.06. The Morgan fingerprint density at radius 1 is 1.83 bits per heavy atom. The highest BCUT2D eigenvalue weighted by atomic mass is 16.6. The van der Waals surface area contributed by atoms with Gasteiger partial charge in [0.25, 0.3) is 0 Å². The summed E-state index contributed by atoms with van der Waals surface area (Å²) in [5.74, 6) is -0.578. The molecule has 1 heterocycles. The summed E-state index contributed by atoms with van der Waals surface area (Å²) >= 11 is 0. The van der Waals surface area contributed by atoms with Crippen molar-refractivity contribution in [2.45, 2.75) is 13.3 Å². The third-order valence-electron chi connectivity index (χ3n) is 1.67. The molecule has 1 unspecified atom stereocenters. The topological polar surface area (TPSA) is 67.4 Å². The zero-order chi connectivity index (χ0) is 8.97. The van der Waals surface area contributed by atoms with E-state index in [2.05, 4.69) is 10.8 Å². The van der Waals surface area contributed by atoms with E-state index in [0.29, 0.717) is 13.2 Å². The van der Waals surface area contributed by atoms with Gasteiger partial charge in [-0.15, -0.1) is 0 Å². The zero-order valence-electron chi connectivity index (χ0n) is 6.92. The van der Waals surface area contributed by atoms with Crippen LogP contribution >= 0.6 is 0 Å². The van der Waals surface area contributed by atoms with Crippen LogP contribution in [0, 0.1) is 5.92 Å². The molecular weight excluding hydrogens is 160 g/mol. The molecule has 12 heavy (non-hydrogen) atoms. The number of amides is 2. The molecule has 5 nitrogen and oxygen atoms in total. The number of hydroxylamine groups is 1. The predicted molar refractivity (Wildman–Crippen MR) is 40.9 cm³/mol. The van der Waals surface area contributed by atoms with E-state index in [0.717, 1.165) is 0 Å². The number of hydrogen-bond acceptors (Lipinski definition) is 3. The normalized spacial score (nSPS) is 22.1. The van der Waals surface area contributed by atoms with Crippen molar-refractivity contribution in [1.82, 2.24) is 10.8 Å². The third kappa shape index (κ3) is 2.20. The Labute approximate surface area is 70.4 Å². The monoisotopic (exact) mass is 172 g/mol. The van der Waals surface area contributed by atoms with E-state index in [1.807, 2.05) is 0 Å². The van der Waals surface area contributed by atoms with Crippen molar-refractivity contribution in [3.63, 3.8) is 0 Å². The molecule has 1 fully saturated rings.